The fourth-order valence-corrected chi connectivity index (χ4v) is 4.97. The number of sulfonamides is 1. The van der Waals surface area contributed by atoms with Gasteiger partial charge in [0.15, 0.2) is 0 Å². The van der Waals surface area contributed by atoms with Crippen LogP contribution in [0.25, 0.3) is 0 Å². The zero-order valence-corrected chi connectivity index (χ0v) is 16.2. The molecule has 2 amide bonds. The van der Waals surface area contributed by atoms with Gasteiger partial charge in [-0.25, -0.2) is 17.9 Å². The number of carbonyl (C=O) groups is 3. The third kappa shape index (κ3) is 3.46. The molecule has 29 heavy (non-hydrogen) atoms. The van der Waals surface area contributed by atoms with Crippen LogP contribution in [-0.4, -0.2) is 31.3 Å². The standard InChI is InChI=1S/C18H12N2O7S2/c21-16-12-5-1-2-6-13(12)17(22)20(16)27-18(23)15-14(7-9-28-15)29(24,25)19-10-11-4-3-8-26-11/h1-9,19H,10H2. The predicted molar refractivity (Wildman–Crippen MR) is 99.4 cm³/mol. The number of benzene rings is 1. The van der Waals surface area contributed by atoms with Gasteiger partial charge in [0, 0.05) is 0 Å². The van der Waals surface area contributed by atoms with Crippen LogP contribution in [0.15, 0.2) is 63.4 Å². The second-order valence-corrected chi connectivity index (χ2v) is 8.50. The van der Waals surface area contributed by atoms with E-state index in [4.69, 9.17) is 9.25 Å². The number of hydrogen-bond donors (Lipinski definition) is 1. The van der Waals surface area contributed by atoms with Gasteiger partial charge in [-0.2, -0.15) is 0 Å². The molecular weight excluding hydrogens is 420 g/mol. The summed E-state index contributed by atoms with van der Waals surface area (Å²) in [6.07, 6.45) is 1.40. The Balaban J connectivity index is 1.53. The summed E-state index contributed by atoms with van der Waals surface area (Å²) in [6, 6.07) is 10.4. The summed E-state index contributed by atoms with van der Waals surface area (Å²) in [7, 11) is -4.07. The van der Waals surface area contributed by atoms with Crippen LogP contribution in [0.5, 0.6) is 0 Å². The third-order valence-corrected chi connectivity index (χ3v) is 6.52. The Morgan fingerprint density at radius 2 is 1.76 bits per heavy atom. The van der Waals surface area contributed by atoms with Gasteiger partial charge in [0.2, 0.25) is 10.0 Å². The molecule has 1 aromatic carbocycles. The molecule has 148 valence electrons. The summed E-state index contributed by atoms with van der Waals surface area (Å²) < 4.78 is 32.5. The Morgan fingerprint density at radius 1 is 1.07 bits per heavy atom. The van der Waals surface area contributed by atoms with Gasteiger partial charge in [0.05, 0.1) is 23.9 Å². The van der Waals surface area contributed by atoms with E-state index in [2.05, 4.69) is 4.72 Å². The first-order valence-corrected chi connectivity index (χ1v) is 10.5. The van der Waals surface area contributed by atoms with Crippen LogP contribution in [0.4, 0.5) is 0 Å². The number of rotatable bonds is 6. The molecule has 0 bridgehead atoms. The first-order valence-electron chi connectivity index (χ1n) is 8.18. The Bertz CT molecular complexity index is 1180. The molecule has 0 spiro atoms. The van der Waals surface area contributed by atoms with E-state index in [0.29, 0.717) is 10.8 Å². The van der Waals surface area contributed by atoms with E-state index < -0.39 is 27.8 Å². The van der Waals surface area contributed by atoms with Crippen molar-refractivity contribution in [3.63, 3.8) is 0 Å². The summed E-state index contributed by atoms with van der Waals surface area (Å²) in [5.41, 5.74) is 0.203. The van der Waals surface area contributed by atoms with E-state index in [-0.39, 0.29) is 27.4 Å². The summed E-state index contributed by atoms with van der Waals surface area (Å²) >= 11 is 0.811. The minimum atomic E-state index is -4.07. The van der Waals surface area contributed by atoms with Crippen molar-refractivity contribution in [2.75, 3.05) is 0 Å². The molecule has 0 unspecified atom stereocenters. The summed E-state index contributed by atoms with van der Waals surface area (Å²) in [4.78, 5) is 41.5. The van der Waals surface area contributed by atoms with Crippen molar-refractivity contribution >= 4 is 39.1 Å². The van der Waals surface area contributed by atoms with Crippen molar-refractivity contribution in [2.45, 2.75) is 11.4 Å². The van der Waals surface area contributed by atoms with Crippen molar-refractivity contribution in [3.8, 4) is 0 Å². The molecule has 0 atom stereocenters. The second kappa shape index (κ2) is 7.28. The van der Waals surface area contributed by atoms with E-state index in [1.807, 2.05) is 0 Å². The number of imide groups is 1. The number of amides is 2. The molecule has 9 nitrogen and oxygen atoms in total. The zero-order chi connectivity index (χ0) is 20.6. The molecule has 0 saturated carbocycles. The number of fused-ring (bicyclic) bond motifs is 1. The van der Waals surface area contributed by atoms with Gasteiger partial charge in [0.25, 0.3) is 11.8 Å². The largest absolute Gasteiger partial charge is 0.468 e. The van der Waals surface area contributed by atoms with Gasteiger partial charge in [-0.15, -0.1) is 11.3 Å². The number of hydroxylamine groups is 2. The highest BCUT2D eigenvalue weighted by Gasteiger charge is 2.39. The molecular formula is C18H12N2O7S2. The number of furan rings is 1. The maximum atomic E-state index is 12.6. The number of nitrogens with one attached hydrogen (secondary N) is 1. The molecule has 1 aliphatic rings. The van der Waals surface area contributed by atoms with Gasteiger partial charge >= 0.3 is 5.97 Å². The van der Waals surface area contributed by atoms with Crippen molar-refractivity contribution < 1.29 is 32.1 Å². The van der Waals surface area contributed by atoms with Crippen molar-refractivity contribution in [1.29, 1.82) is 0 Å². The van der Waals surface area contributed by atoms with Crippen LogP contribution in [0.1, 0.15) is 36.1 Å². The maximum absolute atomic E-state index is 12.6. The van der Waals surface area contributed by atoms with E-state index >= 15 is 0 Å². The van der Waals surface area contributed by atoms with Crippen LogP contribution in [0.2, 0.25) is 0 Å². The lowest BCUT2D eigenvalue weighted by Gasteiger charge is -2.13. The highest BCUT2D eigenvalue weighted by molar-refractivity contribution is 7.89. The molecule has 0 radical (unpaired) electrons. The SMILES string of the molecule is O=C(ON1C(=O)c2ccccc2C1=O)c1sccc1S(=O)(=O)NCc1ccco1. The fourth-order valence-electron chi connectivity index (χ4n) is 2.69. The molecule has 3 aromatic rings. The second-order valence-electron chi connectivity index (χ2n) is 5.85. The number of nitrogens with zero attached hydrogens (tertiary/aromatic N) is 1. The summed E-state index contributed by atoms with van der Waals surface area (Å²) in [5, 5.41) is 1.72. The molecule has 4 rings (SSSR count). The molecule has 0 fully saturated rings. The average molecular weight is 432 g/mol. The van der Waals surface area contributed by atoms with Gasteiger partial charge in [-0.05, 0) is 35.7 Å². The number of carbonyl (C=O) groups excluding carboxylic acids is 3. The van der Waals surface area contributed by atoms with Crippen LogP contribution < -0.4 is 4.72 Å². The lowest BCUT2D eigenvalue weighted by molar-refractivity contribution is -0.0583. The van der Waals surface area contributed by atoms with Crippen molar-refractivity contribution in [1.82, 2.24) is 9.79 Å². The minimum absolute atomic E-state index is 0.101. The first-order chi connectivity index (χ1) is 13.9. The van der Waals surface area contributed by atoms with E-state index in [1.165, 1.54) is 29.8 Å². The highest BCUT2D eigenvalue weighted by atomic mass is 32.2. The van der Waals surface area contributed by atoms with Crippen LogP contribution in [0, 0.1) is 0 Å². The van der Waals surface area contributed by atoms with Gasteiger partial charge in [-0.3, -0.25) is 9.59 Å². The van der Waals surface area contributed by atoms with Crippen LogP contribution in [-0.2, 0) is 21.4 Å². The Morgan fingerprint density at radius 3 is 2.38 bits per heavy atom. The van der Waals surface area contributed by atoms with E-state index in [1.54, 1.807) is 24.3 Å². The smallest absolute Gasteiger partial charge is 0.375 e. The van der Waals surface area contributed by atoms with E-state index in [9.17, 15) is 22.8 Å². The van der Waals surface area contributed by atoms with Crippen molar-refractivity contribution in [2.24, 2.45) is 0 Å². The first kappa shape index (κ1) is 19.1. The molecule has 1 aliphatic heterocycles. The average Bonchev–Trinajstić information content (AvgIpc) is 3.45. The molecule has 2 aromatic heterocycles. The number of hydrogen-bond acceptors (Lipinski definition) is 8. The lowest BCUT2D eigenvalue weighted by Crippen LogP contribution is -2.33. The monoisotopic (exact) mass is 432 g/mol. The minimum Gasteiger partial charge on any atom is -0.468 e. The quantitative estimate of drug-likeness (QED) is 0.592. The topological polar surface area (TPSA) is 123 Å². The normalized spacial score (nSPS) is 13.6. The molecule has 0 aliphatic carbocycles. The van der Waals surface area contributed by atoms with Crippen LogP contribution >= 0.6 is 11.3 Å². The van der Waals surface area contributed by atoms with E-state index in [0.717, 1.165) is 11.3 Å². The predicted octanol–water partition coefficient (Wildman–Crippen LogP) is 2.19. The summed E-state index contributed by atoms with van der Waals surface area (Å²) in [6.45, 7) is -0.113. The van der Waals surface area contributed by atoms with Gasteiger partial charge in [0.1, 0.15) is 15.5 Å². The number of thiophene rings is 1. The molecule has 0 saturated heterocycles. The van der Waals surface area contributed by atoms with Gasteiger partial charge in [-0.1, -0.05) is 17.2 Å². The lowest BCUT2D eigenvalue weighted by atomic mass is 10.1. The zero-order valence-electron chi connectivity index (χ0n) is 14.5. The summed E-state index contributed by atoms with van der Waals surface area (Å²) in [5.74, 6) is -2.33. The molecule has 3 heterocycles. The molecule has 1 N–H and O–H groups in total. The highest BCUT2D eigenvalue weighted by Crippen LogP contribution is 2.27. The Kier molecular flexibility index (Phi) is 4.78. The third-order valence-electron chi connectivity index (χ3n) is 4.05. The molecule has 11 heteroatoms. The van der Waals surface area contributed by atoms with Gasteiger partial charge < -0.3 is 9.25 Å². The van der Waals surface area contributed by atoms with Crippen LogP contribution in [0.3, 0.4) is 0 Å². The fraction of sp³-hybridized carbons (Fsp3) is 0.0556. The maximum Gasteiger partial charge on any atom is 0.375 e. The van der Waals surface area contributed by atoms with Crippen molar-refractivity contribution in [3.05, 3.63) is 75.9 Å². The Hall–Kier alpha value is -3.28. The Labute approximate surface area is 168 Å².